The first-order valence-electron chi connectivity index (χ1n) is 9.21. The third-order valence-electron chi connectivity index (χ3n) is 4.41. The number of rotatable bonds is 3. The second kappa shape index (κ2) is 11.6. The lowest BCUT2D eigenvalue weighted by molar-refractivity contribution is -0.123. The van der Waals surface area contributed by atoms with Gasteiger partial charge in [-0.2, -0.15) is 5.10 Å². The minimum Gasteiger partial charge on any atom is -0.483 e. The molecule has 0 saturated carbocycles. The van der Waals surface area contributed by atoms with Crippen LogP contribution in [0.25, 0.3) is 11.3 Å². The smallest absolute Gasteiger partial charge is 0.290 e. The molecule has 0 aromatic carbocycles. The Morgan fingerprint density at radius 2 is 1.78 bits per heavy atom. The first-order valence-corrected chi connectivity index (χ1v) is 9.21. The zero-order valence-corrected chi connectivity index (χ0v) is 17.0. The summed E-state index contributed by atoms with van der Waals surface area (Å²) < 4.78 is 0. The van der Waals surface area contributed by atoms with E-state index in [1.54, 1.807) is 23.6 Å². The average molecular weight is 440 g/mol. The molecule has 0 saturated heterocycles. The number of ketones is 1. The molecule has 0 radical (unpaired) electrons. The van der Waals surface area contributed by atoms with Crippen molar-refractivity contribution in [1.82, 2.24) is 30.0 Å². The highest BCUT2D eigenvalue weighted by atomic mass is 16.3. The van der Waals surface area contributed by atoms with Crippen molar-refractivity contribution in [3.05, 3.63) is 59.6 Å². The van der Waals surface area contributed by atoms with E-state index < -0.39 is 0 Å². The minimum atomic E-state index is -0.250. The number of amides is 1. The molecule has 3 N–H and O–H groups in total. The number of hydrogen-bond donors (Lipinski definition) is 3. The van der Waals surface area contributed by atoms with Crippen LogP contribution in [0.3, 0.4) is 0 Å². The lowest BCUT2D eigenvalue weighted by atomic mass is 9.99. The van der Waals surface area contributed by atoms with Crippen LogP contribution in [-0.2, 0) is 22.6 Å². The highest BCUT2D eigenvalue weighted by molar-refractivity contribution is 5.97. The van der Waals surface area contributed by atoms with Crippen LogP contribution in [0.5, 0.6) is 0 Å². The van der Waals surface area contributed by atoms with Crippen LogP contribution in [-0.4, -0.2) is 71.4 Å². The second-order valence-corrected chi connectivity index (χ2v) is 6.29. The number of carbonyl (C=O) groups is 4. The second-order valence-electron chi connectivity index (χ2n) is 6.29. The summed E-state index contributed by atoms with van der Waals surface area (Å²) in [4.78, 5) is 55.4. The molecule has 3 aromatic heterocycles. The van der Waals surface area contributed by atoms with Crippen LogP contribution in [0.15, 0.2) is 36.9 Å². The van der Waals surface area contributed by atoms with Crippen molar-refractivity contribution in [2.75, 3.05) is 6.54 Å². The first-order chi connectivity index (χ1) is 15.5. The van der Waals surface area contributed by atoms with Gasteiger partial charge in [-0.3, -0.25) is 29.3 Å². The van der Waals surface area contributed by atoms with E-state index in [1.165, 1.54) is 13.0 Å². The molecule has 0 fully saturated rings. The van der Waals surface area contributed by atoms with E-state index in [0.29, 0.717) is 25.2 Å². The first kappa shape index (κ1) is 23.8. The number of nitrogens with zero attached hydrogens (tertiary/aromatic N) is 5. The summed E-state index contributed by atoms with van der Waals surface area (Å²) >= 11 is 0. The van der Waals surface area contributed by atoms with Crippen LogP contribution in [0.4, 0.5) is 0 Å². The molecule has 4 rings (SSSR count). The van der Waals surface area contributed by atoms with Crippen molar-refractivity contribution in [2.45, 2.75) is 19.9 Å². The fourth-order valence-electron chi connectivity index (χ4n) is 3.06. The summed E-state index contributed by atoms with van der Waals surface area (Å²) in [7, 11) is 0. The predicted molar refractivity (Wildman–Crippen MR) is 110 cm³/mol. The number of nitrogens with one attached hydrogen (secondary N) is 1. The molecule has 166 valence electrons. The topological polar surface area (TPSA) is 179 Å². The van der Waals surface area contributed by atoms with E-state index in [9.17, 15) is 9.59 Å². The van der Waals surface area contributed by atoms with Crippen molar-refractivity contribution < 1.29 is 29.4 Å². The third-order valence-corrected chi connectivity index (χ3v) is 4.41. The van der Waals surface area contributed by atoms with Gasteiger partial charge in [0.15, 0.2) is 5.78 Å². The SMILES string of the molecule is CC(=O)c1cc(C(=O)N2CCc3ncnc(-c4ccncc4)c3C2)[nH]n1.O=CO.O=CO. The molecule has 0 atom stereocenters. The zero-order chi connectivity index (χ0) is 23.5. The van der Waals surface area contributed by atoms with Gasteiger partial charge in [0.05, 0.1) is 11.4 Å². The molecule has 4 heterocycles. The number of Topliss-reactive ketones (excluding diaryl/α,β-unsaturated/α-hetero) is 1. The number of H-pyrrole nitrogens is 1. The van der Waals surface area contributed by atoms with Gasteiger partial charge in [-0.05, 0) is 18.2 Å². The van der Waals surface area contributed by atoms with Gasteiger partial charge < -0.3 is 15.1 Å². The van der Waals surface area contributed by atoms with Crippen molar-refractivity contribution in [1.29, 1.82) is 0 Å². The monoisotopic (exact) mass is 440 g/mol. The summed E-state index contributed by atoms with van der Waals surface area (Å²) in [5.41, 5.74) is 4.19. The lowest BCUT2D eigenvalue weighted by Crippen LogP contribution is -2.37. The Bertz CT molecular complexity index is 1080. The van der Waals surface area contributed by atoms with Gasteiger partial charge in [0.2, 0.25) is 0 Å². The minimum absolute atomic E-state index is 0.183. The molecule has 3 aromatic rings. The average Bonchev–Trinajstić information content (AvgIpc) is 3.30. The number of aromatic amines is 1. The van der Waals surface area contributed by atoms with Crippen molar-refractivity contribution in [3.63, 3.8) is 0 Å². The van der Waals surface area contributed by atoms with E-state index in [-0.39, 0.29) is 30.3 Å². The van der Waals surface area contributed by atoms with Crippen LogP contribution in [0.1, 0.15) is 39.2 Å². The summed E-state index contributed by atoms with van der Waals surface area (Å²) in [5.74, 6) is -0.377. The Kier molecular flexibility index (Phi) is 8.66. The molecule has 1 aliphatic rings. The van der Waals surface area contributed by atoms with E-state index in [1.807, 2.05) is 12.1 Å². The van der Waals surface area contributed by atoms with Gasteiger partial charge in [0, 0.05) is 50.0 Å². The molecule has 1 amide bonds. The largest absolute Gasteiger partial charge is 0.483 e. The highest BCUT2D eigenvalue weighted by Crippen LogP contribution is 2.27. The van der Waals surface area contributed by atoms with Crippen LogP contribution in [0.2, 0.25) is 0 Å². The van der Waals surface area contributed by atoms with Crippen molar-refractivity contribution >= 4 is 24.6 Å². The number of pyridine rings is 1. The number of fused-ring (bicyclic) bond motifs is 1. The third kappa shape index (κ3) is 5.78. The molecule has 1 aliphatic heterocycles. The van der Waals surface area contributed by atoms with E-state index in [4.69, 9.17) is 19.8 Å². The summed E-state index contributed by atoms with van der Waals surface area (Å²) in [6.07, 6.45) is 5.63. The normalized spacial score (nSPS) is 11.6. The molecule has 0 unspecified atom stereocenters. The predicted octanol–water partition coefficient (Wildman–Crippen LogP) is 1.06. The Morgan fingerprint density at radius 1 is 1.12 bits per heavy atom. The van der Waals surface area contributed by atoms with Crippen LogP contribution in [0, 0.1) is 0 Å². The maximum atomic E-state index is 12.8. The fraction of sp³-hybridized carbons (Fsp3) is 0.200. The number of aromatic nitrogens is 5. The fourth-order valence-corrected chi connectivity index (χ4v) is 3.06. The van der Waals surface area contributed by atoms with Crippen LogP contribution >= 0.6 is 0 Å². The molecule has 0 aliphatic carbocycles. The molecule has 0 bridgehead atoms. The summed E-state index contributed by atoms with van der Waals surface area (Å²) in [6, 6.07) is 5.26. The maximum absolute atomic E-state index is 12.8. The zero-order valence-electron chi connectivity index (χ0n) is 17.0. The molecule has 12 nitrogen and oxygen atoms in total. The van der Waals surface area contributed by atoms with Gasteiger partial charge in [-0.1, -0.05) is 0 Å². The molecule has 0 spiro atoms. The Morgan fingerprint density at radius 3 is 2.38 bits per heavy atom. The van der Waals surface area contributed by atoms with E-state index in [0.717, 1.165) is 22.5 Å². The standard InChI is InChI=1S/C18H16N6O2.2CH2O2/c1-11(25)15-8-16(23-22-15)18(26)24-7-4-14-13(9-24)17(21-10-20-14)12-2-5-19-6-3-12;2*2-1-3/h2-3,5-6,8,10H,4,7,9H2,1H3,(H,22,23);2*1H,(H,2,3). The molecule has 32 heavy (non-hydrogen) atoms. The maximum Gasteiger partial charge on any atom is 0.290 e. The number of carboxylic acid groups (broad SMARTS) is 2. The van der Waals surface area contributed by atoms with Crippen LogP contribution < -0.4 is 0 Å². The molecular formula is C20H20N6O6. The van der Waals surface area contributed by atoms with Crippen molar-refractivity contribution in [2.24, 2.45) is 0 Å². The van der Waals surface area contributed by atoms with Gasteiger partial charge in [0.1, 0.15) is 17.7 Å². The Hall–Kier alpha value is -4.48. The van der Waals surface area contributed by atoms with Gasteiger partial charge in [-0.25, -0.2) is 9.97 Å². The Labute approximate surface area is 182 Å². The Balaban J connectivity index is 0.000000547. The quantitative estimate of drug-likeness (QED) is 0.394. The van der Waals surface area contributed by atoms with E-state index in [2.05, 4.69) is 25.1 Å². The number of hydrogen-bond acceptors (Lipinski definition) is 8. The lowest BCUT2D eigenvalue weighted by Gasteiger charge is -2.28. The molecular weight excluding hydrogens is 420 g/mol. The van der Waals surface area contributed by atoms with Gasteiger partial charge >= 0.3 is 0 Å². The summed E-state index contributed by atoms with van der Waals surface area (Å²) in [6.45, 7) is 1.87. The number of carbonyl (C=O) groups excluding carboxylic acids is 2. The van der Waals surface area contributed by atoms with E-state index >= 15 is 0 Å². The molecule has 12 heteroatoms. The van der Waals surface area contributed by atoms with Crippen molar-refractivity contribution in [3.8, 4) is 11.3 Å². The van der Waals surface area contributed by atoms with Gasteiger partial charge in [0.25, 0.3) is 18.9 Å². The van der Waals surface area contributed by atoms with Gasteiger partial charge in [-0.15, -0.1) is 0 Å². The summed E-state index contributed by atoms with van der Waals surface area (Å²) in [5, 5.41) is 20.3. The highest BCUT2D eigenvalue weighted by Gasteiger charge is 2.26.